The first-order valence-corrected chi connectivity index (χ1v) is 6.37. The average Bonchev–Trinajstić information content (AvgIpc) is 2.33. The Balaban J connectivity index is 2.05. The van der Waals surface area contributed by atoms with E-state index >= 15 is 0 Å². The zero-order chi connectivity index (χ0) is 13.8. The van der Waals surface area contributed by atoms with E-state index in [1.807, 2.05) is 0 Å². The van der Waals surface area contributed by atoms with Crippen LogP contribution in [0.5, 0.6) is 5.75 Å². The lowest BCUT2D eigenvalue weighted by atomic mass is 10.3. The van der Waals surface area contributed by atoms with Gasteiger partial charge in [0.2, 0.25) is 0 Å². The molecule has 0 atom stereocenters. The Hall–Kier alpha value is -1.42. The van der Waals surface area contributed by atoms with Gasteiger partial charge in [0.1, 0.15) is 5.75 Å². The molecule has 0 heterocycles. The van der Waals surface area contributed by atoms with Crippen molar-refractivity contribution in [3.8, 4) is 5.75 Å². The number of nitrogens with one attached hydrogen (secondary N) is 1. The highest BCUT2D eigenvalue weighted by molar-refractivity contribution is 6.36. The van der Waals surface area contributed by atoms with Crippen molar-refractivity contribution in [2.75, 3.05) is 5.32 Å². The summed E-state index contributed by atoms with van der Waals surface area (Å²) in [4.78, 5) is 11.7. The zero-order valence-electron chi connectivity index (χ0n) is 9.49. The zero-order valence-corrected chi connectivity index (χ0v) is 11.8. The highest BCUT2D eigenvalue weighted by atomic mass is 35.5. The quantitative estimate of drug-likeness (QED) is 0.821. The first-order valence-electron chi connectivity index (χ1n) is 5.24. The lowest BCUT2D eigenvalue weighted by molar-refractivity contribution is 0.215. The Bertz CT molecular complexity index is 617. The summed E-state index contributed by atoms with van der Waals surface area (Å²) in [6.07, 6.45) is -0.661. The standard InChI is InChI=1S/C13H8Cl3NO2/c14-8-2-1-3-10(6-8)19-13(18)17-12-5-4-9(15)7-11(12)16/h1-7H,(H,17,18). The van der Waals surface area contributed by atoms with Crippen molar-refractivity contribution >= 4 is 46.6 Å². The summed E-state index contributed by atoms with van der Waals surface area (Å²) >= 11 is 17.5. The molecule has 6 heteroatoms. The molecule has 0 aliphatic carbocycles. The van der Waals surface area contributed by atoms with Gasteiger partial charge < -0.3 is 4.74 Å². The summed E-state index contributed by atoms with van der Waals surface area (Å²) in [5.41, 5.74) is 0.415. The number of benzene rings is 2. The number of anilines is 1. The molecular formula is C13H8Cl3NO2. The van der Waals surface area contributed by atoms with Gasteiger partial charge >= 0.3 is 6.09 Å². The maximum atomic E-state index is 11.7. The molecule has 0 radical (unpaired) electrons. The van der Waals surface area contributed by atoms with E-state index in [9.17, 15) is 4.79 Å². The molecule has 19 heavy (non-hydrogen) atoms. The molecular weight excluding hydrogens is 309 g/mol. The predicted octanol–water partition coefficient (Wildman–Crippen LogP) is 5.26. The predicted molar refractivity (Wildman–Crippen MR) is 77.6 cm³/mol. The number of amides is 1. The molecule has 0 aliphatic rings. The average molecular weight is 317 g/mol. The van der Waals surface area contributed by atoms with Gasteiger partial charge in [-0.3, -0.25) is 5.32 Å². The third-order valence-electron chi connectivity index (χ3n) is 2.17. The number of ether oxygens (including phenoxy) is 1. The van der Waals surface area contributed by atoms with Gasteiger partial charge in [0.05, 0.1) is 10.7 Å². The maximum absolute atomic E-state index is 11.7. The van der Waals surface area contributed by atoms with E-state index in [-0.39, 0.29) is 0 Å². The number of hydrogen-bond acceptors (Lipinski definition) is 2. The third kappa shape index (κ3) is 4.03. The van der Waals surface area contributed by atoms with Crippen molar-refractivity contribution in [1.29, 1.82) is 0 Å². The van der Waals surface area contributed by atoms with Gasteiger partial charge in [-0.15, -0.1) is 0 Å². The molecule has 1 N–H and O–H groups in total. The van der Waals surface area contributed by atoms with E-state index in [1.165, 1.54) is 12.1 Å². The van der Waals surface area contributed by atoms with Gasteiger partial charge in [0.25, 0.3) is 0 Å². The van der Waals surface area contributed by atoms with Crippen LogP contribution in [0.1, 0.15) is 0 Å². The van der Waals surface area contributed by atoms with Gasteiger partial charge in [0, 0.05) is 10.0 Å². The molecule has 2 rings (SSSR count). The number of hydrogen-bond donors (Lipinski definition) is 1. The van der Waals surface area contributed by atoms with Crippen molar-refractivity contribution in [2.24, 2.45) is 0 Å². The first-order chi connectivity index (χ1) is 9.04. The lowest BCUT2D eigenvalue weighted by Crippen LogP contribution is -2.16. The summed E-state index contributed by atoms with van der Waals surface area (Å²) in [6.45, 7) is 0. The number of halogens is 3. The van der Waals surface area contributed by atoms with Crippen LogP contribution in [0.25, 0.3) is 0 Å². The van der Waals surface area contributed by atoms with Crippen molar-refractivity contribution < 1.29 is 9.53 Å². The van der Waals surface area contributed by atoms with Crippen molar-refractivity contribution in [3.63, 3.8) is 0 Å². The summed E-state index contributed by atoms with van der Waals surface area (Å²) in [5, 5.41) is 3.81. The molecule has 0 aliphatic heterocycles. The Kier molecular flexibility index (Phi) is 4.53. The molecule has 98 valence electrons. The van der Waals surface area contributed by atoms with Crippen LogP contribution in [0.15, 0.2) is 42.5 Å². The fraction of sp³-hybridized carbons (Fsp3) is 0. The van der Waals surface area contributed by atoms with E-state index in [2.05, 4.69) is 5.32 Å². The van der Waals surface area contributed by atoms with Crippen LogP contribution in [0.4, 0.5) is 10.5 Å². The SMILES string of the molecule is O=C(Nc1ccc(Cl)cc1Cl)Oc1cccc(Cl)c1. The molecule has 0 fully saturated rings. The summed E-state index contributed by atoms with van der Waals surface area (Å²) in [7, 11) is 0. The number of carbonyl (C=O) groups is 1. The summed E-state index contributed by atoms with van der Waals surface area (Å²) in [5.74, 6) is 0.343. The van der Waals surface area contributed by atoms with E-state index in [1.54, 1.807) is 30.3 Å². The Morgan fingerprint density at radius 2 is 1.74 bits per heavy atom. The molecule has 0 saturated carbocycles. The second-order valence-electron chi connectivity index (χ2n) is 3.60. The molecule has 0 bridgehead atoms. The molecule has 0 unspecified atom stereocenters. The Labute approximate surface area is 125 Å². The molecule has 2 aromatic carbocycles. The Morgan fingerprint density at radius 3 is 2.42 bits per heavy atom. The van der Waals surface area contributed by atoms with Crippen molar-refractivity contribution in [1.82, 2.24) is 0 Å². The van der Waals surface area contributed by atoms with Gasteiger partial charge in [-0.05, 0) is 36.4 Å². The van der Waals surface area contributed by atoms with Crippen LogP contribution in [0, 0.1) is 0 Å². The Morgan fingerprint density at radius 1 is 1.00 bits per heavy atom. The number of rotatable bonds is 2. The minimum absolute atomic E-state index is 0.329. The molecule has 2 aromatic rings. The largest absolute Gasteiger partial charge is 0.417 e. The molecule has 0 spiro atoms. The smallest absolute Gasteiger partial charge is 0.410 e. The van der Waals surface area contributed by atoms with Gasteiger partial charge in [-0.2, -0.15) is 0 Å². The normalized spacial score (nSPS) is 10.1. The molecule has 3 nitrogen and oxygen atoms in total. The van der Waals surface area contributed by atoms with Gasteiger partial charge in [-0.25, -0.2) is 4.79 Å². The van der Waals surface area contributed by atoms with Crippen molar-refractivity contribution in [2.45, 2.75) is 0 Å². The van der Waals surface area contributed by atoms with E-state index < -0.39 is 6.09 Å². The van der Waals surface area contributed by atoms with Crippen LogP contribution in [0.3, 0.4) is 0 Å². The minimum Gasteiger partial charge on any atom is -0.410 e. The van der Waals surface area contributed by atoms with Crippen LogP contribution in [-0.2, 0) is 0 Å². The van der Waals surface area contributed by atoms with Crippen LogP contribution in [0.2, 0.25) is 15.1 Å². The topological polar surface area (TPSA) is 38.3 Å². The fourth-order valence-corrected chi connectivity index (χ4v) is 2.00. The summed E-state index contributed by atoms with van der Waals surface area (Å²) in [6, 6.07) is 11.2. The molecule has 1 amide bonds. The monoisotopic (exact) mass is 315 g/mol. The van der Waals surface area contributed by atoms with E-state index in [0.29, 0.717) is 26.5 Å². The highest BCUT2D eigenvalue weighted by Gasteiger charge is 2.08. The summed E-state index contributed by atoms with van der Waals surface area (Å²) < 4.78 is 5.06. The second-order valence-corrected chi connectivity index (χ2v) is 4.88. The maximum Gasteiger partial charge on any atom is 0.417 e. The first kappa shape index (κ1) is 14.0. The van der Waals surface area contributed by atoms with Crippen LogP contribution >= 0.6 is 34.8 Å². The van der Waals surface area contributed by atoms with E-state index in [4.69, 9.17) is 39.5 Å². The highest BCUT2D eigenvalue weighted by Crippen LogP contribution is 2.25. The van der Waals surface area contributed by atoms with Gasteiger partial charge in [-0.1, -0.05) is 40.9 Å². The third-order valence-corrected chi connectivity index (χ3v) is 2.96. The molecule has 0 saturated heterocycles. The minimum atomic E-state index is -0.661. The number of carbonyl (C=O) groups excluding carboxylic acids is 1. The van der Waals surface area contributed by atoms with E-state index in [0.717, 1.165) is 0 Å². The van der Waals surface area contributed by atoms with Crippen LogP contribution < -0.4 is 10.1 Å². The van der Waals surface area contributed by atoms with Gasteiger partial charge in [0.15, 0.2) is 0 Å². The van der Waals surface area contributed by atoms with Crippen molar-refractivity contribution in [3.05, 3.63) is 57.5 Å². The fourth-order valence-electron chi connectivity index (χ4n) is 1.36. The lowest BCUT2D eigenvalue weighted by Gasteiger charge is -2.08. The second kappa shape index (κ2) is 6.15. The molecule has 0 aromatic heterocycles. The van der Waals surface area contributed by atoms with Crippen LogP contribution in [-0.4, -0.2) is 6.09 Å².